The Kier molecular flexibility index (Phi) is 15.0. The van der Waals surface area contributed by atoms with E-state index in [-0.39, 0.29) is 0 Å². The highest BCUT2D eigenvalue weighted by Gasteiger charge is 2.27. The molecule has 0 radical (unpaired) electrons. The van der Waals surface area contributed by atoms with Crippen molar-refractivity contribution in [1.82, 2.24) is 39.0 Å². The van der Waals surface area contributed by atoms with Crippen LogP contribution in [0.5, 0.6) is 0 Å². The Morgan fingerprint density at radius 1 is 0.178 bits per heavy atom. The molecule has 0 atom stereocenters. The number of nitrogens with zero attached hydrogens (tertiary/aromatic N) is 8. The summed E-state index contributed by atoms with van der Waals surface area (Å²) in [4.78, 5) is 31.8. The smallest absolute Gasteiger partial charge is 0.165 e. The van der Waals surface area contributed by atoms with Gasteiger partial charge in [0.25, 0.3) is 0 Å². The van der Waals surface area contributed by atoms with E-state index in [2.05, 4.69) is 337 Å². The van der Waals surface area contributed by atoms with E-state index in [4.69, 9.17) is 29.9 Å². The van der Waals surface area contributed by atoms with E-state index in [0.29, 0.717) is 34.9 Å². The molecular formula is C106H60N8S4. The fraction of sp³-hybridized carbons (Fsp3) is 0. The average molecular weight is 1570 g/mol. The molecule has 0 aliphatic heterocycles. The summed E-state index contributed by atoms with van der Waals surface area (Å²) in [7, 11) is 0. The van der Waals surface area contributed by atoms with Crippen LogP contribution in [0.2, 0.25) is 0 Å². The van der Waals surface area contributed by atoms with Crippen LogP contribution in [0, 0.1) is 0 Å². The molecule has 8 heterocycles. The molecule has 26 aromatic rings. The summed E-state index contributed by atoms with van der Waals surface area (Å²) in [5, 5.41) is 24.7. The van der Waals surface area contributed by atoms with Gasteiger partial charge in [-0.3, -0.25) is 0 Å². The highest BCUT2D eigenvalue weighted by molar-refractivity contribution is 7.27. The third-order valence-electron chi connectivity index (χ3n) is 23.6. The number of hydrogen-bond donors (Lipinski definition) is 0. The highest BCUT2D eigenvalue weighted by Crippen LogP contribution is 2.50. The van der Waals surface area contributed by atoms with Gasteiger partial charge in [-0.2, -0.15) is 0 Å². The minimum Gasteiger partial charge on any atom is -0.309 e. The van der Waals surface area contributed by atoms with Crippen LogP contribution in [0.3, 0.4) is 0 Å². The van der Waals surface area contributed by atoms with E-state index in [1.165, 1.54) is 136 Å². The zero-order chi connectivity index (χ0) is 77.2. The summed E-state index contributed by atoms with van der Waals surface area (Å²) in [6.45, 7) is 0. The van der Waals surface area contributed by atoms with Gasteiger partial charge in [-0.05, 0) is 140 Å². The van der Waals surface area contributed by atoms with Gasteiger partial charge in [0.1, 0.15) is 0 Å². The largest absolute Gasteiger partial charge is 0.309 e. The zero-order valence-corrected chi connectivity index (χ0v) is 66.1. The first kappa shape index (κ1) is 66.9. The van der Waals surface area contributed by atoms with Crippen LogP contribution in [-0.2, 0) is 0 Å². The molecule has 118 heavy (non-hydrogen) atoms. The van der Waals surface area contributed by atoms with Crippen molar-refractivity contribution >= 4 is 213 Å². The summed E-state index contributed by atoms with van der Waals surface area (Å²) < 4.78 is 14.7. The Morgan fingerprint density at radius 2 is 0.475 bits per heavy atom. The number of hydrogen-bond acceptors (Lipinski definition) is 10. The van der Waals surface area contributed by atoms with E-state index in [1.54, 1.807) is 34.0 Å². The molecule has 8 nitrogen and oxygen atoms in total. The van der Waals surface area contributed by atoms with Gasteiger partial charge < -0.3 is 9.13 Å². The van der Waals surface area contributed by atoms with E-state index in [0.717, 1.165) is 76.2 Å². The van der Waals surface area contributed by atoms with E-state index in [9.17, 15) is 0 Å². The molecule has 12 heteroatoms. The first-order chi connectivity index (χ1) is 58.5. The van der Waals surface area contributed by atoms with Gasteiger partial charge in [-0.25, -0.2) is 29.9 Å². The van der Waals surface area contributed by atoms with Crippen LogP contribution < -0.4 is 0 Å². The van der Waals surface area contributed by atoms with E-state index in [1.807, 2.05) is 47.7 Å². The molecule has 0 spiro atoms. The number of aromatic nitrogens is 8. The molecule has 0 fully saturated rings. The molecular weight excluding hydrogens is 1510 g/mol. The van der Waals surface area contributed by atoms with Crippen LogP contribution in [0.4, 0.5) is 0 Å². The standard InChI is InChI=1S/2C53H30N4S2/c1-2-14-33(15-3-1)51-54-52(34-22-25-40-38-18-8-10-20-45(38)58-47(40)28-34)56-53(55-51)42-30-35(29-41-39-19-9-11-21-46(39)59-50(41)42)57-43-26-23-31-12-4-6-16-36(31)48(43)49-37-17-7-5-13-32(37)24-27-44(49)57;1-2-14-33(15-3-1)51-54-52(34-24-27-47-40(28-34)38-18-8-10-20-45(38)58-47)56-53(55-51)42-30-35(29-41-39-19-9-11-21-46(39)59-50(41)42)57-43-25-22-31-12-4-6-16-36(31)48(43)49-37-17-7-5-13-32(37)23-26-44(49)57/h2*1-30H. The summed E-state index contributed by atoms with van der Waals surface area (Å²) >= 11 is 7.22. The van der Waals surface area contributed by atoms with Gasteiger partial charge in [0.05, 0.1) is 22.1 Å². The lowest BCUT2D eigenvalue weighted by atomic mass is 10.00. The lowest BCUT2D eigenvalue weighted by Gasteiger charge is -2.13. The SMILES string of the molecule is c1ccc(-c2nc(-c3ccc4c(c3)sc3ccccc34)nc(-c3cc(-n4c5ccc6ccccc6c5c5c6ccccc6ccc54)cc4c3sc3ccccc34)n2)cc1.c1ccc(-c2nc(-c3ccc4sc5ccccc5c4c3)nc(-c3cc(-n4c5ccc6ccccc6c5c5c6ccccc6ccc54)cc4c3sc3ccccc34)n2)cc1. The number of thiophene rings is 4. The third kappa shape index (κ3) is 10.6. The molecule has 0 saturated heterocycles. The Morgan fingerprint density at radius 3 is 0.890 bits per heavy atom. The lowest BCUT2D eigenvalue weighted by Crippen LogP contribution is -2.01. The first-order valence-electron chi connectivity index (χ1n) is 39.5. The second-order valence-electron chi connectivity index (χ2n) is 30.3. The van der Waals surface area contributed by atoms with Crippen molar-refractivity contribution in [3.63, 3.8) is 0 Å². The van der Waals surface area contributed by atoms with Crippen LogP contribution in [0.25, 0.3) is 247 Å². The number of fused-ring (bicyclic) bond motifs is 26. The van der Waals surface area contributed by atoms with Crippen LogP contribution in [-0.4, -0.2) is 39.0 Å². The normalized spacial score (nSPS) is 12.1. The minimum atomic E-state index is 0.648. The quantitative estimate of drug-likeness (QED) is 0.151. The molecule has 0 N–H and O–H groups in total. The fourth-order valence-electron chi connectivity index (χ4n) is 18.3. The third-order valence-corrected chi connectivity index (χ3v) is 28.3. The van der Waals surface area contributed by atoms with Crippen LogP contribution in [0.15, 0.2) is 364 Å². The van der Waals surface area contributed by atoms with Gasteiger partial charge in [-0.1, -0.05) is 267 Å². The Balaban J connectivity index is 0.000000131. The average Bonchev–Trinajstić information content (AvgIpc) is 1.55. The summed E-state index contributed by atoms with van der Waals surface area (Å²) in [5.74, 6) is 3.91. The number of rotatable bonds is 8. The zero-order valence-electron chi connectivity index (χ0n) is 62.9. The molecule has 0 aliphatic rings. The summed E-state index contributed by atoms with van der Waals surface area (Å²) in [6, 6.07) is 131. The van der Waals surface area contributed by atoms with Crippen molar-refractivity contribution in [3.05, 3.63) is 364 Å². The molecule has 18 aromatic carbocycles. The maximum Gasteiger partial charge on any atom is 0.165 e. The molecule has 26 rings (SSSR count). The predicted molar refractivity (Wildman–Crippen MR) is 503 cm³/mol. The van der Waals surface area contributed by atoms with Crippen molar-refractivity contribution in [1.29, 1.82) is 0 Å². The van der Waals surface area contributed by atoms with Crippen molar-refractivity contribution in [2.75, 3.05) is 0 Å². The van der Waals surface area contributed by atoms with Crippen molar-refractivity contribution in [3.8, 4) is 79.7 Å². The van der Waals surface area contributed by atoms with Gasteiger partial charge in [-0.15, -0.1) is 45.3 Å². The maximum atomic E-state index is 5.40. The second kappa shape index (κ2) is 26.5. The van der Waals surface area contributed by atoms with E-state index < -0.39 is 0 Å². The molecule has 0 bridgehead atoms. The van der Waals surface area contributed by atoms with Gasteiger partial charge >= 0.3 is 0 Å². The van der Waals surface area contributed by atoms with Crippen LogP contribution >= 0.6 is 45.3 Å². The van der Waals surface area contributed by atoms with Gasteiger partial charge in [0, 0.05) is 147 Å². The van der Waals surface area contributed by atoms with Crippen molar-refractivity contribution < 1.29 is 0 Å². The number of benzene rings is 18. The Labute approximate surface area is 690 Å². The van der Waals surface area contributed by atoms with E-state index >= 15 is 0 Å². The first-order valence-corrected chi connectivity index (χ1v) is 42.8. The maximum absolute atomic E-state index is 5.40. The van der Waals surface area contributed by atoms with Crippen molar-refractivity contribution in [2.45, 2.75) is 0 Å². The molecule has 0 saturated carbocycles. The topological polar surface area (TPSA) is 87.2 Å². The van der Waals surface area contributed by atoms with Crippen LogP contribution in [0.1, 0.15) is 0 Å². The monoisotopic (exact) mass is 1570 g/mol. The Hall–Kier alpha value is -14.5. The minimum absolute atomic E-state index is 0.648. The second-order valence-corrected chi connectivity index (χ2v) is 34.6. The molecule has 548 valence electrons. The van der Waals surface area contributed by atoms with Gasteiger partial charge in [0.15, 0.2) is 34.9 Å². The predicted octanol–water partition coefficient (Wildman–Crippen LogP) is 30.0. The lowest BCUT2D eigenvalue weighted by molar-refractivity contribution is 1.07. The molecule has 0 aliphatic carbocycles. The summed E-state index contributed by atoms with van der Waals surface area (Å²) in [5.41, 5.74) is 12.6. The Bertz CT molecular complexity index is 8540. The molecule has 0 amide bonds. The van der Waals surface area contributed by atoms with Gasteiger partial charge in [0.2, 0.25) is 0 Å². The summed E-state index contributed by atoms with van der Waals surface area (Å²) in [6.07, 6.45) is 0. The highest BCUT2D eigenvalue weighted by atomic mass is 32.1. The van der Waals surface area contributed by atoms with Crippen molar-refractivity contribution in [2.24, 2.45) is 0 Å². The molecule has 8 aromatic heterocycles. The molecule has 0 unspecified atom stereocenters. The fourth-order valence-corrected chi connectivity index (χ4v) is 22.9.